The van der Waals surface area contributed by atoms with E-state index in [9.17, 15) is 14.7 Å². The SMILES string of the molecule is C=C[C@H](O[C@H]1CCN(C(C)=O)C1)c1c(C(=O)O)cnc2cc(Cl)nn12. The van der Waals surface area contributed by atoms with Crippen LogP contribution in [0, 0.1) is 0 Å². The van der Waals surface area contributed by atoms with Crippen LogP contribution in [0.15, 0.2) is 24.9 Å². The van der Waals surface area contributed by atoms with Gasteiger partial charge in [-0.2, -0.15) is 5.10 Å². The number of rotatable bonds is 5. The van der Waals surface area contributed by atoms with Crippen LogP contribution in [0.1, 0.15) is 35.5 Å². The normalized spacial score (nSPS) is 18.5. The first kappa shape index (κ1) is 17.4. The predicted octanol–water partition coefficient (Wildman–Crippen LogP) is 1.95. The number of aromatic carboxylic acids is 1. The zero-order valence-electron chi connectivity index (χ0n) is 13.6. The minimum Gasteiger partial charge on any atom is -0.478 e. The number of amides is 1. The van der Waals surface area contributed by atoms with Gasteiger partial charge in [0.15, 0.2) is 10.8 Å². The van der Waals surface area contributed by atoms with Gasteiger partial charge in [-0.15, -0.1) is 6.58 Å². The molecule has 0 saturated carbocycles. The molecule has 0 bridgehead atoms. The number of ether oxygens (including phenoxy) is 1. The molecule has 1 N–H and O–H groups in total. The highest BCUT2D eigenvalue weighted by Crippen LogP contribution is 2.28. The van der Waals surface area contributed by atoms with E-state index in [1.165, 1.54) is 29.8 Å². The largest absolute Gasteiger partial charge is 0.478 e. The molecule has 2 aromatic rings. The Morgan fingerprint density at radius 3 is 2.92 bits per heavy atom. The molecule has 1 amide bonds. The molecule has 0 aromatic carbocycles. The molecule has 2 aromatic heterocycles. The predicted molar refractivity (Wildman–Crippen MR) is 89.6 cm³/mol. The molecule has 1 aliphatic rings. The van der Waals surface area contributed by atoms with Gasteiger partial charge < -0.3 is 14.7 Å². The van der Waals surface area contributed by atoms with Crippen LogP contribution in [0.4, 0.5) is 0 Å². The van der Waals surface area contributed by atoms with Crippen LogP contribution in [0.5, 0.6) is 0 Å². The fourth-order valence-electron chi connectivity index (χ4n) is 2.93. The summed E-state index contributed by atoms with van der Waals surface area (Å²) in [7, 11) is 0. The first-order valence-electron chi connectivity index (χ1n) is 7.71. The van der Waals surface area contributed by atoms with Gasteiger partial charge in [-0.05, 0) is 6.42 Å². The quantitative estimate of drug-likeness (QED) is 0.814. The number of carbonyl (C=O) groups is 2. The van der Waals surface area contributed by atoms with Gasteiger partial charge in [-0.3, -0.25) is 4.79 Å². The molecule has 1 aliphatic heterocycles. The molecule has 25 heavy (non-hydrogen) atoms. The Labute approximate surface area is 148 Å². The second kappa shape index (κ2) is 6.81. The highest BCUT2D eigenvalue weighted by atomic mass is 35.5. The third-order valence-electron chi connectivity index (χ3n) is 4.13. The molecule has 0 spiro atoms. The lowest BCUT2D eigenvalue weighted by Crippen LogP contribution is -2.28. The van der Waals surface area contributed by atoms with Crippen molar-refractivity contribution in [3.8, 4) is 0 Å². The summed E-state index contributed by atoms with van der Waals surface area (Å²) in [5.74, 6) is -1.17. The Kier molecular flexibility index (Phi) is 4.73. The number of halogens is 1. The van der Waals surface area contributed by atoms with Crippen molar-refractivity contribution in [1.29, 1.82) is 0 Å². The molecule has 3 heterocycles. The van der Waals surface area contributed by atoms with E-state index in [-0.39, 0.29) is 22.7 Å². The van der Waals surface area contributed by atoms with Crippen LogP contribution >= 0.6 is 11.6 Å². The minimum atomic E-state index is -1.15. The Bertz CT molecular complexity index is 850. The summed E-state index contributed by atoms with van der Waals surface area (Å²) >= 11 is 5.93. The number of nitrogens with zero attached hydrogens (tertiary/aromatic N) is 4. The standard InChI is InChI=1S/C16H17ClN4O4/c1-3-12(25-10-4-5-20(8-10)9(2)22)15-11(16(23)24)7-18-14-6-13(17)19-21(14)15/h3,6-7,10,12H,1,4-5,8H2,2H3,(H,23,24)/t10-,12-/m0/s1. The van der Waals surface area contributed by atoms with Crippen LogP contribution < -0.4 is 0 Å². The zero-order valence-corrected chi connectivity index (χ0v) is 14.3. The Morgan fingerprint density at radius 1 is 1.56 bits per heavy atom. The lowest BCUT2D eigenvalue weighted by atomic mass is 10.1. The van der Waals surface area contributed by atoms with Crippen molar-refractivity contribution in [2.75, 3.05) is 13.1 Å². The number of hydrogen-bond acceptors (Lipinski definition) is 5. The molecule has 1 fully saturated rings. The summed E-state index contributed by atoms with van der Waals surface area (Å²) in [5, 5.41) is 13.8. The van der Waals surface area contributed by atoms with Gasteiger partial charge in [0.2, 0.25) is 5.91 Å². The zero-order chi connectivity index (χ0) is 18.1. The second-order valence-corrected chi connectivity index (χ2v) is 6.15. The van der Waals surface area contributed by atoms with Gasteiger partial charge in [0.05, 0.1) is 11.8 Å². The molecule has 9 heteroatoms. The number of likely N-dealkylation sites (tertiary alicyclic amines) is 1. The van der Waals surface area contributed by atoms with Gasteiger partial charge in [-0.1, -0.05) is 17.7 Å². The first-order valence-corrected chi connectivity index (χ1v) is 8.09. The summed E-state index contributed by atoms with van der Waals surface area (Å²) < 4.78 is 7.39. The van der Waals surface area contributed by atoms with Crippen molar-refractivity contribution in [3.63, 3.8) is 0 Å². The molecule has 2 atom stereocenters. The fourth-order valence-corrected chi connectivity index (χ4v) is 3.10. The van der Waals surface area contributed by atoms with Crippen LogP contribution in [-0.4, -0.2) is 55.7 Å². The summed E-state index contributed by atoms with van der Waals surface area (Å²) in [4.78, 5) is 28.8. The monoisotopic (exact) mass is 364 g/mol. The molecule has 8 nitrogen and oxygen atoms in total. The Hall–Kier alpha value is -2.45. The molecule has 0 aliphatic carbocycles. The van der Waals surface area contributed by atoms with Crippen molar-refractivity contribution < 1.29 is 19.4 Å². The van der Waals surface area contributed by atoms with E-state index in [0.717, 1.165) is 0 Å². The number of carbonyl (C=O) groups excluding carboxylic acids is 1. The van der Waals surface area contributed by atoms with E-state index in [0.29, 0.717) is 30.9 Å². The Balaban J connectivity index is 1.97. The first-order chi connectivity index (χ1) is 11.9. The lowest BCUT2D eigenvalue weighted by Gasteiger charge is -2.21. The van der Waals surface area contributed by atoms with Gasteiger partial charge >= 0.3 is 5.97 Å². The maximum atomic E-state index is 11.6. The van der Waals surface area contributed by atoms with Crippen molar-refractivity contribution in [3.05, 3.63) is 41.3 Å². The molecule has 0 unspecified atom stereocenters. The average molecular weight is 365 g/mol. The van der Waals surface area contributed by atoms with Gasteiger partial charge in [0.25, 0.3) is 0 Å². The van der Waals surface area contributed by atoms with Crippen LogP contribution in [0.2, 0.25) is 5.15 Å². The van der Waals surface area contributed by atoms with E-state index in [2.05, 4.69) is 16.7 Å². The van der Waals surface area contributed by atoms with Gasteiger partial charge in [0.1, 0.15) is 11.7 Å². The van der Waals surface area contributed by atoms with Crippen molar-refractivity contribution in [2.24, 2.45) is 0 Å². The van der Waals surface area contributed by atoms with Crippen molar-refractivity contribution in [2.45, 2.75) is 25.6 Å². The molecular formula is C16H17ClN4O4. The van der Waals surface area contributed by atoms with Crippen LogP contribution in [0.3, 0.4) is 0 Å². The molecule has 3 rings (SSSR count). The average Bonchev–Trinajstić information content (AvgIpc) is 3.17. The van der Waals surface area contributed by atoms with Crippen LogP contribution in [-0.2, 0) is 9.53 Å². The Morgan fingerprint density at radius 2 is 2.32 bits per heavy atom. The summed E-state index contributed by atoms with van der Waals surface area (Å²) in [6.07, 6.45) is 2.47. The van der Waals surface area contributed by atoms with Crippen molar-refractivity contribution in [1.82, 2.24) is 19.5 Å². The summed E-state index contributed by atoms with van der Waals surface area (Å²) in [6.45, 7) is 6.32. The highest BCUT2D eigenvalue weighted by Gasteiger charge is 2.30. The molecule has 0 radical (unpaired) electrons. The van der Waals surface area contributed by atoms with E-state index in [1.54, 1.807) is 4.90 Å². The minimum absolute atomic E-state index is 0.0161. The smallest absolute Gasteiger partial charge is 0.339 e. The van der Waals surface area contributed by atoms with E-state index in [4.69, 9.17) is 16.3 Å². The molecular weight excluding hydrogens is 348 g/mol. The van der Waals surface area contributed by atoms with Gasteiger partial charge in [-0.25, -0.2) is 14.3 Å². The van der Waals surface area contributed by atoms with E-state index in [1.807, 2.05) is 0 Å². The van der Waals surface area contributed by atoms with E-state index < -0.39 is 12.1 Å². The number of carboxylic acids is 1. The number of carboxylic acid groups (broad SMARTS) is 1. The number of aromatic nitrogens is 3. The van der Waals surface area contributed by atoms with E-state index >= 15 is 0 Å². The maximum Gasteiger partial charge on any atom is 0.339 e. The third-order valence-corrected chi connectivity index (χ3v) is 4.32. The third kappa shape index (κ3) is 3.35. The van der Waals surface area contributed by atoms with Crippen molar-refractivity contribution >= 4 is 29.1 Å². The second-order valence-electron chi connectivity index (χ2n) is 5.77. The van der Waals surface area contributed by atoms with Gasteiger partial charge in [0, 0.05) is 32.3 Å². The fraction of sp³-hybridized carbons (Fsp3) is 0.375. The van der Waals surface area contributed by atoms with Crippen LogP contribution in [0.25, 0.3) is 5.65 Å². The summed E-state index contributed by atoms with van der Waals surface area (Å²) in [6, 6.07) is 1.53. The highest BCUT2D eigenvalue weighted by molar-refractivity contribution is 6.29. The molecule has 132 valence electrons. The number of fused-ring (bicyclic) bond motifs is 1. The molecule has 1 saturated heterocycles. The maximum absolute atomic E-state index is 11.6. The summed E-state index contributed by atoms with van der Waals surface area (Å²) in [5.41, 5.74) is 0.663. The lowest BCUT2D eigenvalue weighted by molar-refractivity contribution is -0.128. The number of hydrogen-bond donors (Lipinski definition) is 1. The topological polar surface area (TPSA) is 97.0 Å².